The Morgan fingerprint density at radius 3 is 2.12 bits per heavy atom. The van der Waals surface area contributed by atoms with Crippen molar-refractivity contribution in [2.45, 2.75) is 13.1 Å². The lowest BCUT2D eigenvalue weighted by Crippen LogP contribution is -2.54. The molecule has 0 saturated carbocycles. The normalized spacial score (nSPS) is 11.2. The van der Waals surface area contributed by atoms with E-state index in [2.05, 4.69) is 43.4 Å². The first-order chi connectivity index (χ1) is 8.16. The highest BCUT2D eigenvalue weighted by Gasteiger charge is 2.27. The second-order valence-corrected chi connectivity index (χ2v) is 9.06. The number of aldehydes is 1. The molecule has 0 heterocycles. The Kier molecular flexibility index (Phi) is 3.25. The SMILES string of the molecule is C[Si](C)(c1ccccc1)c1ccccc1C=O. The van der Waals surface area contributed by atoms with Crippen LogP contribution in [0.5, 0.6) is 0 Å². The topological polar surface area (TPSA) is 17.1 Å². The van der Waals surface area contributed by atoms with Gasteiger partial charge in [-0.1, -0.05) is 72.9 Å². The molecule has 86 valence electrons. The number of hydrogen-bond acceptors (Lipinski definition) is 1. The molecule has 0 aliphatic heterocycles. The molecule has 2 rings (SSSR count). The maximum Gasteiger partial charge on any atom is 0.149 e. The van der Waals surface area contributed by atoms with E-state index in [9.17, 15) is 4.79 Å². The molecule has 2 aromatic rings. The molecule has 0 atom stereocenters. The Hall–Kier alpha value is -1.67. The Bertz CT molecular complexity index is 517. The minimum Gasteiger partial charge on any atom is -0.298 e. The van der Waals surface area contributed by atoms with Crippen LogP contribution in [0.25, 0.3) is 0 Å². The summed E-state index contributed by atoms with van der Waals surface area (Å²) < 4.78 is 0. The van der Waals surface area contributed by atoms with E-state index in [0.29, 0.717) is 0 Å². The van der Waals surface area contributed by atoms with Crippen molar-refractivity contribution in [2.75, 3.05) is 0 Å². The van der Waals surface area contributed by atoms with Crippen molar-refractivity contribution in [3.63, 3.8) is 0 Å². The minimum atomic E-state index is -1.75. The maximum absolute atomic E-state index is 11.1. The van der Waals surface area contributed by atoms with Crippen LogP contribution < -0.4 is 10.4 Å². The van der Waals surface area contributed by atoms with E-state index in [1.165, 1.54) is 10.4 Å². The zero-order chi connectivity index (χ0) is 12.3. The van der Waals surface area contributed by atoms with Crippen LogP contribution in [0, 0.1) is 0 Å². The van der Waals surface area contributed by atoms with Crippen molar-refractivity contribution in [1.82, 2.24) is 0 Å². The van der Waals surface area contributed by atoms with Crippen LogP contribution in [0.4, 0.5) is 0 Å². The quantitative estimate of drug-likeness (QED) is 0.594. The van der Waals surface area contributed by atoms with Gasteiger partial charge in [-0.05, 0) is 5.19 Å². The van der Waals surface area contributed by atoms with E-state index in [1.54, 1.807) is 0 Å². The zero-order valence-corrected chi connectivity index (χ0v) is 11.2. The van der Waals surface area contributed by atoms with Gasteiger partial charge in [0.15, 0.2) is 0 Å². The van der Waals surface area contributed by atoms with Crippen molar-refractivity contribution < 1.29 is 4.79 Å². The average Bonchev–Trinajstić information content (AvgIpc) is 2.39. The molecule has 0 bridgehead atoms. The summed E-state index contributed by atoms with van der Waals surface area (Å²) in [6.45, 7) is 4.56. The second-order valence-electron chi connectivity index (χ2n) is 4.70. The third-order valence-electron chi connectivity index (χ3n) is 3.26. The minimum absolute atomic E-state index is 0.827. The van der Waals surface area contributed by atoms with Gasteiger partial charge < -0.3 is 0 Å². The molecule has 0 fully saturated rings. The third kappa shape index (κ3) is 2.22. The van der Waals surface area contributed by atoms with Gasteiger partial charge in [0.1, 0.15) is 14.4 Å². The number of carbonyl (C=O) groups is 1. The molecule has 17 heavy (non-hydrogen) atoms. The summed E-state index contributed by atoms with van der Waals surface area (Å²) in [6.07, 6.45) is 0.965. The monoisotopic (exact) mass is 240 g/mol. The van der Waals surface area contributed by atoms with Crippen molar-refractivity contribution >= 4 is 24.7 Å². The second kappa shape index (κ2) is 4.68. The van der Waals surface area contributed by atoms with Crippen LogP contribution in [0.3, 0.4) is 0 Å². The molecule has 0 aromatic heterocycles. The zero-order valence-electron chi connectivity index (χ0n) is 10.2. The van der Waals surface area contributed by atoms with E-state index in [0.717, 1.165) is 11.8 Å². The van der Waals surface area contributed by atoms with E-state index in [1.807, 2.05) is 24.3 Å². The van der Waals surface area contributed by atoms with Gasteiger partial charge in [-0.2, -0.15) is 0 Å². The predicted octanol–water partition coefficient (Wildman–Crippen LogP) is 2.32. The lowest BCUT2D eigenvalue weighted by molar-refractivity contribution is 0.112. The predicted molar refractivity (Wildman–Crippen MR) is 75.0 cm³/mol. The van der Waals surface area contributed by atoms with Gasteiger partial charge in [0.25, 0.3) is 0 Å². The van der Waals surface area contributed by atoms with Crippen molar-refractivity contribution in [2.24, 2.45) is 0 Å². The molecule has 1 nitrogen and oxygen atoms in total. The lowest BCUT2D eigenvalue weighted by atomic mass is 10.2. The molecular formula is C15H16OSi. The molecule has 0 aliphatic rings. The molecule has 0 spiro atoms. The Balaban J connectivity index is 2.55. The van der Waals surface area contributed by atoms with Gasteiger partial charge in [-0.25, -0.2) is 0 Å². The molecule has 0 amide bonds. The highest BCUT2D eigenvalue weighted by molar-refractivity contribution is 7.00. The van der Waals surface area contributed by atoms with Crippen LogP contribution in [0.15, 0.2) is 54.6 Å². The van der Waals surface area contributed by atoms with E-state index in [4.69, 9.17) is 0 Å². The van der Waals surface area contributed by atoms with Crippen LogP contribution >= 0.6 is 0 Å². The summed E-state index contributed by atoms with van der Waals surface area (Å²) in [5.41, 5.74) is 0.827. The van der Waals surface area contributed by atoms with Gasteiger partial charge in [-0.3, -0.25) is 4.79 Å². The first-order valence-corrected chi connectivity index (χ1v) is 8.76. The summed E-state index contributed by atoms with van der Waals surface area (Å²) in [5, 5.41) is 2.57. The van der Waals surface area contributed by atoms with Crippen LogP contribution in [0.2, 0.25) is 13.1 Å². The molecule has 0 unspecified atom stereocenters. The molecule has 2 heteroatoms. The fraction of sp³-hybridized carbons (Fsp3) is 0.133. The van der Waals surface area contributed by atoms with Crippen molar-refractivity contribution in [3.05, 3.63) is 60.2 Å². The molecule has 2 aromatic carbocycles. The number of hydrogen-bond donors (Lipinski definition) is 0. The molecular weight excluding hydrogens is 224 g/mol. The van der Waals surface area contributed by atoms with Gasteiger partial charge in [0.05, 0.1) is 0 Å². The summed E-state index contributed by atoms with van der Waals surface area (Å²) >= 11 is 0. The highest BCUT2D eigenvalue weighted by atomic mass is 28.3. The van der Waals surface area contributed by atoms with Gasteiger partial charge in [0.2, 0.25) is 0 Å². The molecule has 0 radical (unpaired) electrons. The van der Waals surface area contributed by atoms with E-state index in [-0.39, 0.29) is 0 Å². The van der Waals surface area contributed by atoms with Crippen molar-refractivity contribution in [1.29, 1.82) is 0 Å². The van der Waals surface area contributed by atoms with Gasteiger partial charge in [0, 0.05) is 5.56 Å². The summed E-state index contributed by atoms with van der Waals surface area (Å²) in [4.78, 5) is 11.1. The first kappa shape index (κ1) is 11.8. The third-order valence-corrected chi connectivity index (χ3v) is 6.84. The Morgan fingerprint density at radius 2 is 1.47 bits per heavy atom. The van der Waals surface area contributed by atoms with E-state index < -0.39 is 8.07 Å². The Labute approximate surface area is 103 Å². The van der Waals surface area contributed by atoms with E-state index >= 15 is 0 Å². The van der Waals surface area contributed by atoms with Crippen LogP contribution in [0.1, 0.15) is 10.4 Å². The maximum atomic E-state index is 11.1. The van der Waals surface area contributed by atoms with Gasteiger partial charge in [-0.15, -0.1) is 0 Å². The fourth-order valence-electron chi connectivity index (χ4n) is 2.18. The van der Waals surface area contributed by atoms with Crippen LogP contribution in [-0.4, -0.2) is 14.4 Å². The van der Waals surface area contributed by atoms with Crippen molar-refractivity contribution in [3.8, 4) is 0 Å². The number of carbonyl (C=O) groups excluding carboxylic acids is 1. The molecule has 0 aliphatic carbocycles. The van der Waals surface area contributed by atoms with Crippen LogP contribution in [-0.2, 0) is 0 Å². The standard InChI is InChI=1S/C15H16OSi/c1-17(2,14-9-4-3-5-10-14)15-11-7-6-8-13(15)12-16/h3-12H,1-2H3. The first-order valence-electron chi connectivity index (χ1n) is 5.76. The molecule has 0 saturated heterocycles. The van der Waals surface area contributed by atoms with Gasteiger partial charge >= 0.3 is 0 Å². The summed E-state index contributed by atoms with van der Waals surface area (Å²) in [5.74, 6) is 0. The summed E-state index contributed by atoms with van der Waals surface area (Å²) in [6, 6.07) is 18.4. The largest absolute Gasteiger partial charge is 0.298 e. The lowest BCUT2D eigenvalue weighted by Gasteiger charge is -2.25. The smallest absolute Gasteiger partial charge is 0.149 e. The average molecular weight is 240 g/mol. The Morgan fingerprint density at radius 1 is 0.882 bits per heavy atom. The highest BCUT2D eigenvalue weighted by Crippen LogP contribution is 2.07. The fourth-order valence-corrected chi connectivity index (χ4v) is 4.89. The molecule has 0 N–H and O–H groups in total. The number of rotatable bonds is 3. The number of benzene rings is 2. The summed E-state index contributed by atoms with van der Waals surface area (Å²) in [7, 11) is -1.75.